The number of hydrogen-bond donors (Lipinski definition) is 2. The third kappa shape index (κ3) is 3.84. The maximum absolute atomic E-state index is 13.5. The summed E-state index contributed by atoms with van der Waals surface area (Å²) in [5, 5.41) is 6.33. The van der Waals surface area contributed by atoms with Gasteiger partial charge in [0.15, 0.2) is 5.78 Å². The molecule has 1 aliphatic heterocycles. The van der Waals surface area contributed by atoms with E-state index in [0.717, 1.165) is 45.1 Å². The van der Waals surface area contributed by atoms with Crippen LogP contribution < -0.4 is 10.6 Å². The second kappa shape index (κ2) is 8.40. The quantitative estimate of drug-likeness (QED) is 0.650. The molecule has 0 radical (unpaired) electrons. The Kier molecular flexibility index (Phi) is 5.84. The number of dihydropyridines is 1. The number of amides is 1. The van der Waals surface area contributed by atoms with Crippen LogP contribution in [0.15, 0.2) is 51.1 Å². The molecule has 0 fully saturated rings. The number of anilines is 1. The lowest BCUT2D eigenvalue weighted by Crippen LogP contribution is -2.35. The van der Waals surface area contributed by atoms with E-state index in [-0.39, 0.29) is 17.6 Å². The van der Waals surface area contributed by atoms with Gasteiger partial charge in [0.2, 0.25) is 0 Å². The van der Waals surface area contributed by atoms with Gasteiger partial charge in [-0.1, -0.05) is 0 Å². The maximum atomic E-state index is 13.5. The van der Waals surface area contributed by atoms with Gasteiger partial charge in [-0.3, -0.25) is 9.59 Å². The smallest absolute Gasteiger partial charge is 0.255 e. The van der Waals surface area contributed by atoms with Gasteiger partial charge < -0.3 is 10.6 Å². The van der Waals surface area contributed by atoms with Crippen molar-refractivity contribution in [3.63, 3.8) is 0 Å². The zero-order valence-electron chi connectivity index (χ0n) is 17.6. The molecule has 5 nitrogen and oxygen atoms in total. The van der Waals surface area contributed by atoms with E-state index in [9.17, 15) is 9.59 Å². The van der Waals surface area contributed by atoms with Crippen molar-refractivity contribution in [3.8, 4) is 0 Å². The molecule has 3 heterocycles. The Bertz CT molecular complexity index is 1100. The summed E-state index contributed by atoms with van der Waals surface area (Å²) in [6.45, 7) is 5.95. The highest BCUT2D eigenvalue weighted by molar-refractivity contribution is 8.00. The van der Waals surface area contributed by atoms with E-state index in [1.165, 1.54) is 4.88 Å². The third-order valence-corrected chi connectivity index (χ3v) is 7.74. The van der Waals surface area contributed by atoms with Gasteiger partial charge in [-0.25, -0.2) is 4.98 Å². The van der Waals surface area contributed by atoms with E-state index >= 15 is 0 Å². The summed E-state index contributed by atoms with van der Waals surface area (Å²) >= 11 is 3.38. The lowest BCUT2D eigenvalue weighted by atomic mass is 9.75. The summed E-state index contributed by atoms with van der Waals surface area (Å²) in [5.74, 6) is 0.0757. The molecule has 2 aromatic heterocycles. The van der Waals surface area contributed by atoms with Crippen LogP contribution in [0.1, 0.15) is 48.1 Å². The molecule has 0 saturated heterocycles. The molecule has 2 aromatic rings. The normalized spacial score (nSPS) is 18.9. The monoisotopic (exact) mass is 439 g/mol. The number of nitrogens with zero attached hydrogens (tertiary/aromatic N) is 1. The van der Waals surface area contributed by atoms with Crippen LogP contribution in [0.2, 0.25) is 0 Å². The first kappa shape index (κ1) is 20.9. The Balaban J connectivity index is 1.82. The van der Waals surface area contributed by atoms with E-state index in [2.05, 4.69) is 28.6 Å². The van der Waals surface area contributed by atoms with Crippen LogP contribution in [0.25, 0.3) is 0 Å². The van der Waals surface area contributed by atoms with E-state index < -0.39 is 0 Å². The lowest BCUT2D eigenvalue weighted by molar-refractivity contribution is -0.116. The van der Waals surface area contributed by atoms with Crippen molar-refractivity contribution < 1.29 is 9.59 Å². The highest BCUT2D eigenvalue weighted by Crippen LogP contribution is 2.47. The summed E-state index contributed by atoms with van der Waals surface area (Å²) in [7, 11) is 0. The van der Waals surface area contributed by atoms with Crippen LogP contribution in [0.4, 0.5) is 5.82 Å². The molecule has 1 amide bonds. The standard InChI is InChI=1S/C23H25N3O2S2/c1-12-8-9-24-18(10-12)26-22(28)19-14(3)25-16-6-5-7-17(27)21(16)20(19)15-11-13(2)30-23(15)29-4/h8-11,20,25H,5-7H2,1-4H3,(H,24,26,28)/t20-/m0/s1. The van der Waals surface area contributed by atoms with E-state index in [0.29, 0.717) is 17.8 Å². The maximum Gasteiger partial charge on any atom is 0.255 e. The van der Waals surface area contributed by atoms with Gasteiger partial charge in [-0.05, 0) is 69.2 Å². The Hall–Kier alpha value is -2.38. The molecule has 4 rings (SSSR count). The summed E-state index contributed by atoms with van der Waals surface area (Å²) in [5.41, 5.74) is 5.19. The second-order valence-electron chi connectivity index (χ2n) is 7.74. The number of carbonyl (C=O) groups is 2. The first-order valence-corrected chi connectivity index (χ1v) is 12.1. The number of ketones is 1. The van der Waals surface area contributed by atoms with Crippen molar-refractivity contribution in [1.29, 1.82) is 0 Å². The van der Waals surface area contributed by atoms with Crippen molar-refractivity contribution in [2.75, 3.05) is 11.6 Å². The number of carbonyl (C=O) groups excluding carboxylic acids is 2. The Morgan fingerprint density at radius 1 is 1.27 bits per heavy atom. The minimum absolute atomic E-state index is 0.135. The molecule has 7 heteroatoms. The lowest BCUT2D eigenvalue weighted by Gasteiger charge is -2.34. The summed E-state index contributed by atoms with van der Waals surface area (Å²) in [6.07, 6.45) is 5.93. The van der Waals surface area contributed by atoms with Gasteiger partial charge >= 0.3 is 0 Å². The number of aryl methyl sites for hydroxylation is 2. The minimum atomic E-state index is -0.355. The number of Topliss-reactive ketones (excluding diaryl/α,β-unsaturated/α-hetero) is 1. The number of rotatable bonds is 4. The fourth-order valence-electron chi connectivity index (χ4n) is 4.26. The number of hydrogen-bond acceptors (Lipinski definition) is 6. The number of aromatic nitrogens is 1. The Morgan fingerprint density at radius 2 is 2.07 bits per heavy atom. The molecule has 0 aromatic carbocycles. The van der Waals surface area contributed by atoms with Crippen molar-refractivity contribution >= 4 is 40.6 Å². The molecule has 2 aliphatic rings. The largest absolute Gasteiger partial charge is 0.362 e. The van der Waals surface area contributed by atoms with Gasteiger partial charge in [0.05, 0.1) is 4.21 Å². The molecule has 0 spiro atoms. The minimum Gasteiger partial charge on any atom is -0.362 e. The van der Waals surface area contributed by atoms with Gasteiger partial charge in [0, 0.05) is 46.0 Å². The number of thiophene rings is 1. The zero-order chi connectivity index (χ0) is 21.4. The van der Waals surface area contributed by atoms with Gasteiger partial charge in [0.25, 0.3) is 5.91 Å². The SMILES string of the molecule is CSc1sc(C)cc1[C@H]1C(C(=O)Nc2cc(C)ccn2)=C(C)NC2=C1C(=O)CCC2. The molecule has 30 heavy (non-hydrogen) atoms. The van der Waals surface area contributed by atoms with Crippen LogP contribution in [0.5, 0.6) is 0 Å². The van der Waals surface area contributed by atoms with Crippen LogP contribution >= 0.6 is 23.1 Å². The Labute approximate surface area is 185 Å². The number of allylic oxidation sites excluding steroid dienone is 3. The average Bonchev–Trinajstić information content (AvgIpc) is 3.07. The second-order valence-corrected chi connectivity index (χ2v) is 10.1. The third-order valence-electron chi connectivity index (χ3n) is 5.52. The number of nitrogens with one attached hydrogen (secondary N) is 2. The van der Waals surface area contributed by atoms with Crippen molar-refractivity contribution in [2.45, 2.75) is 50.2 Å². The molecular weight excluding hydrogens is 414 g/mol. The van der Waals surface area contributed by atoms with Crippen molar-refractivity contribution in [2.24, 2.45) is 0 Å². The van der Waals surface area contributed by atoms with Crippen LogP contribution in [0, 0.1) is 13.8 Å². The molecule has 0 unspecified atom stereocenters. The number of thioether (sulfide) groups is 1. The zero-order valence-corrected chi connectivity index (χ0v) is 19.2. The predicted molar refractivity (Wildman–Crippen MR) is 123 cm³/mol. The van der Waals surface area contributed by atoms with Crippen molar-refractivity contribution in [1.82, 2.24) is 10.3 Å². The first-order chi connectivity index (χ1) is 14.4. The first-order valence-electron chi connectivity index (χ1n) is 10.0. The number of pyridine rings is 1. The van der Waals surface area contributed by atoms with Gasteiger partial charge in [-0.2, -0.15) is 0 Å². The average molecular weight is 440 g/mol. The van der Waals surface area contributed by atoms with Crippen LogP contribution in [-0.2, 0) is 9.59 Å². The van der Waals surface area contributed by atoms with Gasteiger partial charge in [0.1, 0.15) is 5.82 Å². The van der Waals surface area contributed by atoms with Gasteiger partial charge in [-0.15, -0.1) is 23.1 Å². The summed E-state index contributed by atoms with van der Waals surface area (Å²) < 4.78 is 1.15. The summed E-state index contributed by atoms with van der Waals surface area (Å²) in [4.78, 5) is 32.0. The topological polar surface area (TPSA) is 71.1 Å². The molecule has 2 N–H and O–H groups in total. The fraction of sp³-hybridized carbons (Fsp3) is 0.348. The molecule has 0 bridgehead atoms. The Morgan fingerprint density at radius 3 is 2.80 bits per heavy atom. The molecular formula is C23H25N3O2S2. The summed E-state index contributed by atoms with van der Waals surface area (Å²) in [6, 6.07) is 5.86. The molecule has 0 saturated carbocycles. The highest BCUT2D eigenvalue weighted by atomic mass is 32.2. The van der Waals surface area contributed by atoms with E-state index in [1.807, 2.05) is 32.2 Å². The highest BCUT2D eigenvalue weighted by Gasteiger charge is 2.40. The predicted octanol–water partition coefficient (Wildman–Crippen LogP) is 5.09. The molecule has 1 aliphatic carbocycles. The molecule has 1 atom stereocenters. The molecule has 156 valence electrons. The van der Waals surface area contributed by atoms with Crippen molar-refractivity contribution in [3.05, 3.63) is 62.9 Å². The van der Waals surface area contributed by atoms with E-state index in [4.69, 9.17) is 0 Å². The van der Waals surface area contributed by atoms with Crippen LogP contribution in [0.3, 0.4) is 0 Å². The fourth-order valence-corrected chi connectivity index (χ4v) is 6.17. The van der Waals surface area contributed by atoms with E-state index in [1.54, 1.807) is 29.3 Å². The van der Waals surface area contributed by atoms with Crippen LogP contribution in [-0.4, -0.2) is 22.9 Å².